The largest absolute Gasteiger partial charge is 0.497 e. The van der Waals surface area contributed by atoms with E-state index < -0.39 is 0 Å². The van der Waals surface area contributed by atoms with E-state index in [0.717, 1.165) is 18.0 Å². The molecule has 0 saturated carbocycles. The molecule has 1 saturated heterocycles. The summed E-state index contributed by atoms with van der Waals surface area (Å²) in [6, 6.07) is 14.5. The minimum Gasteiger partial charge on any atom is -0.497 e. The normalized spacial score (nSPS) is 17.5. The van der Waals surface area contributed by atoms with Gasteiger partial charge in [0.2, 0.25) is 0 Å². The second-order valence-electron chi connectivity index (χ2n) is 7.20. The van der Waals surface area contributed by atoms with Gasteiger partial charge in [0.25, 0.3) is 11.8 Å². The van der Waals surface area contributed by atoms with Crippen molar-refractivity contribution >= 4 is 40.8 Å². The number of carbonyl (C=O) groups excluding carboxylic acids is 2. The van der Waals surface area contributed by atoms with E-state index in [2.05, 4.69) is 4.90 Å². The molecule has 0 unspecified atom stereocenters. The third-order valence-corrected chi connectivity index (χ3v) is 6.62. The molecule has 2 amide bonds. The number of methoxy groups -OCH3 is 1. The number of benzene rings is 2. The second kappa shape index (κ2) is 9.87. The van der Waals surface area contributed by atoms with Crippen LogP contribution in [0, 0.1) is 0 Å². The predicted molar refractivity (Wildman–Crippen MR) is 121 cm³/mol. The Morgan fingerprint density at radius 2 is 1.65 bits per heavy atom. The Balaban J connectivity index is 1.61. The van der Waals surface area contributed by atoms with E-state index in [4.69, 9.17) is 21.1 Å². The van der Waals surface area contributed by atoms with Crippen LogP contribution in [0.1, 0.15) is 5.56 Å². The maximum atomic E-state index is 13.3. The van der Waals surface area contributed by atoms with Gasteiger partial charge in [0.1, 0.15) is 5.75 Å². The lowest BCUT2D eigenvalue weighted by Crippen LogP contribution is -2.43. The summed E-state index contributed by atoms with van der Waals surface area (Å²) >= 11 is 7.29. The molecule has 2 aromatic rings. The highest BCUT2D eigenvalue weighted by molar-refractivity contribution is 8.04. The summed E-state index contributed by atoms with van der Waals surface area (Å²) in [5, 5.41) is 0.620. The van der Waals surface area contributed by atoms with Crippen molar-refractivity contribution in [2.24, 2.45) is 0 Å². The molecule has 2 heterocycles. The van der Waals surface area contributed by atoms with Gasteiger partial charge < -0.3 is 9.47 Å². The molecule has 8 heteroatoms. The number of ether oxygens (including phenoxy) is 2. The quantitative estimate of drug-likeness (QED) is 0.591. The Hall–Kier alpha value is -2.32. The summed E-state index contributed by atoms with van der Waals surface area (Å²) in [5.41, 5.74) is 1.12. The molecule has 0 spiro atoms. The molecular formula is C23H23ClN2O4S. The van der Waals surface area contributed by atoms with Crippen LogP contribution in [0.3, 0.4) is 0 Å². The van der Waals surface area contributed by atoms with Crippen LogP contribution in [0.15, 0.2) is 58.3 Å². The summed E-state index contributed by atoms with van der Waals surface area (Å²) in [4.78, 5) is 31.5. The van der Waals surface area contributed by atoms with E-state index in [1.54, 1.807) is 31.4 Å². The number of amides is 2. The molecule has 1 fully saturated rings. The van der Waals surface area contributed by atoms with Crippen LogP contribution in [0.25, 0.3) is 5.57 Å². The van der Waals surface area contributed by atoms with Gasteiger partial charge >= 0.3 is 0 Å². The number of halogens is 1. The van der Waals surface area contributed by atoms with Crippen LogP contribution in [0.5, 0.6) is 5.75 Å². The first-order valence-electron chi connectivity index (χ1n) is 10.1. The van der Waals surface area contributed by atoms with Crippen molar-refractivity contribution in [3.63, 3.8) is 0 Å². The molecule has 0 aromatic heterocycles. The number of hydrogen-bond acceptors (Lipinski definition) is 6. The van der Waals surface area contributed by atoms with Crippen LogP contribution >= 0.6 is 23.4 Å². The van der Waals surface area contributed by atoms with Crippen LogP contribution in [0.2, 0.25) is 5.02 Å². The molecule has 0 atom stereocenters. The minimum atomic E-state index is -0.264. The number of morpholine rings is 1. The fraction of sp³-hybridized carbons (Fsp3) is 0.304. The molecule has 0 radical (unpaired) electrons. The Kier molecular flexibility index (Phi) is 6.97. The van der Waals surface area contributed by atoms with Crippen LogP contribution in [0.4, 0.5) is 0 Å². The van der Waals surface area contributed by atoms with Gasteiger partial charge in [-0.05, 0) is 42.0 Å². The highest BCUT2D eigenvalue weighted by atomic mass is 35.5. The highest BCUT2D eigenvalue weighted by Gasteiger charge is 2.39. The topological polar surface area (TPSA) is 59.1 Å². The zero-order valence-corrected chi connectivity index (χ0v) is 18.7. The van der Waals surface area contributed by atoms with E-state index in [-0.39, 0.29) is 11.8 Å². The molecular weight excluding hydrogens is 436 g/mol. The van der Waals surface area contributed by atoms with E-state index in [9.17, 15) is 9.59 Å². The molecule has 2 aromatic carbocycles. The Labute approximate surface area is 190 Å². The lowest BCUT2D eigenvalue weighted by Gasteiger charge is -2.28. The summed E-state index contributed by atoms with van der Waals surface area (Å²) in [5.74, 6) is 0.168. The Morgan fingerprint density at radius 1 is 0.968 bits per heavy atom. The van der Waals surface area contributed by atoms with Crippen molar-refractivity contribution in [2.45, 2.75) is 4.90 Å². The maximum Gasteiger partial charge on any atom is 0.268 e. The van der Waals surface area contributed by atoms with Crippen molar-refractivity contribution in [1.82, 2.24) is 9.80 Å². The fourth-order valence-corrected chi connectivity index (χ4v) is 4.69. The predicted octanol–water partition coefficient (Wildman–Crippen LogP) is 3.55. The van der Waals surface area contributed by atoms with E-state index in [1.165, 1.54) is 16.7 Å². The first-order valence-corrected chi connectivity index (χ1v) is 11.2. The summed E-state index contributed by atoms with van der Waals surface area (Å²) in [6.45, 7) is 3.95. The first kappa shape index (κ1) is 21.9. The first-order chi connectivity index (χ1) is 15.1. The molecule has 4 rings (SSSR count). The average Bonchev–Trinajstić information content (AvgIpc) is 3.03. The number of carbonyl (C=O) groups is 2. The van der Waals surface area contributed by atoms with Crippen LogP contribution in [-0.2, 0) is 14.3 Å². The van der Waals surface area contributed by atoms with Crippen molar-refractivity contribution < 1.29 is 19.1 Å². The summed E-state index contributed by atoms with van der Waals surface area (Å²) < 4.78 is 10.6. The third-order valence-electron chi connectivity index (χ3n) is 5.28. The second-order valence-corrected chi connectivity index (χ2v) is 8.72. The molecule has 162 valence electrons. The SMILES string of the molecule is COc1ccc(C2=C(Sc3ccc(Cl)cc3)C(=O)N(CCN3CCOCC3)C2=O)cc1. The Bertz CT molecular complexity index is 986. The smallest absolute Gasteiger partial charge is 0.268 e. The number of hydrogen-bond donors (Lipinski definition) is 0. The monoisotopic (exact) mass is 458 g/mol. The van der Waals surface area contributed by atoms with Gasteiger partial charge in [-0.1, -0.05) is 35.5 Å². The summed E-state index contributed by atoms with van der Waals surface area (Å²) in [7, 11) is 1.59. The zero-order chi connectivity index (χ0) is 21.8. The number of rotatable bonds is 7. The number of nitrogens with zero attached hydrogens (tertiary/aromatic N) is 2. The molecule has 6 nitrogen and oxygen atoms in total. The average molecular weight is 459 g/mol. The van der Waals surface area contributed by atoms with Crippen molar-refractivity contribution in [2.75, 3.05) is 46.5 Å². The van der Waals surface area contributed by atoms with E-state index in [0.29, 0.717) is 53.1 Å². The van der Waals surface area contributed by atoms with Crippen LogP contribution < -0.4 is 4.74 Å². The molecule has 31 heavy (non-hydrogen) atoms. The van der Waals surface area contributed by atoms with Gasteiger partial charge in [-0.25, -0.2) is 0 Å². The molecule has 0 aliphatic carbocycles. The zero-order valence-electron chi connectivity index (χ0n) is 17.2. The van der Waals surface area contributed by atoms with E-state index in [1.807, 2.05) is 24.3 Å². The maximum absolute atomic E-state index is 13.3. The standard InChI is InChI=1S/C23H23ClN2O4S/c1-29-18-6-2-16(3-7-18)20-21(31-19-8-4-17(24)5-9-19)23(28)26(22(20)27)11-10-25-12-14-30-15-13-25/h2-9H,10-15H2,1H3. The molecule has 0 bridgehead atoms. The third kappa shape index (κ3) is 4.96. The van der Waals surface area contributed by atoms with Crippen molar-refractivity contribution in [1.29, 1.82) is 0 Å². The fourth-order valence-electron chi connectivity index (χ4n) is 3.55. The van der Waals surface area contributed by atoms with Gasteiger partial charge in [-0.2, -0.15) is 0 Å². The lowest BCUT2D eigenvalue weighted by atomic mass is 10.1. The molecule has 2 aliphatic rings. The van der Waals surface area contributed by atoms with Crippen molar-refractivity contribution in [3.05, 3.63) is 64.0 Å². The molecule has 2 aliphatic heterocycles. The van der Waals surface area contributed by atoms with Gasteiger partial charge in [-0.3, -0.25) is 19.4 Å². The number of thioether (sulfide) groups is 1. The lowest BCUT2D eigenvalue weighted by molar-refractivity contribution is -0.136. The summed E-state index contributed by atoms with van der Waals surface area (Å²) in [6.07, 6.45) is 0. The van der Waals surface area contributed by atoms with Crippen LogP contribution in [-0.4, -0.2) is 68.1 Å². The molecule has 0 N–H and O–H groups in total. The van der Waals surface area contributed by atoms with E-state index >= 15 is 0 Å². The van der Waals surface area contributed by atoms with Crippen molar-refractivity contribution in [3.8, 4) is 5.75 Å². The number of imide groups is 1. The van der Waals surface area contributed by atoms with Gasteiger partial charge in [0.15, 0.2) is 0 Å². The minimum absolute atomic E-state index is 0.260. The van der Waals surface area contributed by atoms with Gasteiger partial charge in [0, 0.05) is 36.1 Å². The Morgan fingerprint density at radius 3 is 2.29 bits per heavy atom. The van der Waals surface area contributed by atoms with Gasteiger partial charge in [-0.15, -0.1) is 0 Å². The van der Waals surface area contributed by atoms with Gasteiger partial charge in [0.05, 0.1) is 30.8 Å². The highest BCUT2D eigenvalue weighted by Crippen LogP contribution is 2.40.